The molecule has 0 atom stereocenters. The lowest BCUT2D eigenvalue weighted by molar-refractivity contribution is -0.383. The Morgan fingerprint density at radius 3 is 2.61 bits per heavy atom. The van der Waals surface area contributed by atoms with E-state index in [0.29, 0.717) is 21.7 Å². The first-order valence-corrected chi connectivity index (χ1v) is 10.5. The number of ether oxygens (including phenoxy) is 2. The first-order valence-electron chi connectivity index (χ1n) is 9.29. The minimum absolute atomic E-state index is 0.0697. The molecule has 0 heterocycles. The molecule has 0 unspecified atom stereocenters. The second-order valence-corrected chi connectivity index (χ2v) is 8.81. The Labute approximate surface area is 195 Å². The lowest BCUT2D eigenvalue weighted by Crippen LogP contribution is -2.27. The zero-order chi connectivity index (χ0) is 23.2. The molecular weight excluding hydrogens is 486 g/mol. The van der Waals surface area contributed by atoms with Crippen molar-refractivity contribution < 1.29 is 19.2 Å². The topological polar surface area (TPSA) is 90.7 Å². The molecule has 10 heteroatoms. The normalized spacial score (nSPS) is 11.6. The van der Waals surface area contributed by atoms with Crippen LogP contribution in [0.1, 0.15) is 27.2 Å². The number of anilines is 1. The van der Waals surface area contributed by atoms with Gasteiger partial charge in [-0.05, 0) is 50.6 Å². The molecule has 0 aliphatic carbocycles. The molecule has 0 spiro atoms. The summed E-state index contributed by atoms with van der Waals surface area (Å²) in [4.78, 5) is 23.3. The van der Waals surface area contributed by atoms with Crippen LogP contribution in [0.4, 0.5) is 11.4 Å². The number of nitrogens with zero attached hydrogens (tertiary/aromatic N) is 1. The standard InChI is InChI=1S/C21H22BBrClN2O5/c1-21(2,3)31-19(27)10-13(22-20-15(23)6-5-7-16(20)24)12-25-17-11-14(30-4)8-9-18(17)26(28)29/h5-9,11-12,25H,10H2,1-4H3/b13-12+. The van der Waals surface area contributed by atoms with Crippen LogP contribution < -0.4 is 15.5 Å². The maximum atomic E-state index is 12.4. The number of nitrogens with one attached hydrogen (secondary N) is 1. The summed E-state index contributed by atoms with van der Waals surface area (Å²) < 4.78 is 11.3. The highest BCUT2D eigenvalue weighted by Gasteiger charge is 2.20. The third-order valence-electron chi connectivity index (χ3n) is 3.91. The van der Waals surface area contributed by atoms with E-state index in [1.165, 1.54) is 31.5 Å². The Morgan fingerprint density at radius 2 is 2.03 bits per heavy atom. The van der Waals surface area contributed by atoms with E-state index in [2.05, 4.69) is 21.2 Å². The second kappa shape index (κ2) is 10.7. The number of nitro groups is 1. The van der Waals surface area contributed by atoms with Crippen LogP contribution in [-0.2, 0) is 9.53 Å². The van der Waals surface area contributed by atoms with Crippen LogP contribution in [0, 0.1) is 10.1 Å². The van der Waals surface area contributed by atoms with Crippen molar-refractivity contribution in [2.75, 3.05) is 12.4 Å². The third-order valence-corrected chi connectivity index (χ3v) is 4.93. The van der Waals surface area contributed by atoms with Crippen molar-refractivity contribution in [3.63, 3.8) is 0 Å². The summed E-state index contributed by atoms with van der Waals surface area (Å²) in [6.45, 7) is 5.33. The van der Waals surface area contributed by atoms with E-state index in [0.717, 1.165) is 4.47 Å². The molecule has 2 rings (SSSR count). The number of carbonyl (C=O) groups is 1. The van der Waals surface area contributed by atoms with Gasteiger partial charge in [-0.15, -0.1) is 0 Å². The maximum Gasteiger partial charge on any atom is 0.309 e. The summed E-state index contributed by atoms with van der Waals surface area (Å²) in [5.41, 5.74) is 0.623. The molecule has 0 aromatic heterocycles. The number of esters is 1. The van der Waals surface area contributed by atoms with Gasteiger partial charge < -0.3 is 14.8 Å². The second-order valence-electron chi connectivity index (χ2n) is 7.55. The molecule has 7 nitrogen and oxygen atoms in total. The summed E-state index contributed by atoms with van der Waals surface area (Å²) in [7, 11) is 3.19. The smallest absolute Gasteiger partial charge is 0.309 e. The van der Waals surface area contributed by atoms with Gasteiger partial charge in [0.1, 0.15) is 17.0 Å². The largest absolute Gasteiger partial charge is 0.497 e. The predicted molar refractivity (Wildman–Crippen MR) is 126 cm³/mol. The van der Waals surface area contributed by atoms with Gasteiger partial charge in [-0.25, -0.2) is 0 Å². The molecule has 2 aromatic rings. The summed E-state index contributed by atoms with van der Waals surface area (Å²) >= 11 is 9.76. The van der Waals surface area contributed by atoms with Crippen molar-refractivity contribution in [2.24, 2.45) is 0 Å². The van der Waals surface area contributed by atoms with Gasteiger partial charge in [0.05, 0.1) is 18.5 Å². The van der Waals surface area contributed by atoms with Crippen LogP contribution >= 0.6 is 27.5 Å². The van der Waals surface area contributed by atoms with Gasteiger partial charge in [-0.2, -0.15) is 0 Å². The first-order chi connectivity index (χ1) is 14.5. The van der Waals surface area contributed by atoms with Gasteiger partial charge in [-0.3, -0.25) is 14.9 Å². The van der Waals surface area contributed by atoms with Gasteiger partial charge >= 0.3 is 5.97 Å². The molecular formula is C21H22BBrClN2O5. The van der Waals surface area contributed by atoms with Gasteiger partial charge in [0, 0.05) is 21.6 Å². The van der Waals surface area contributed by atoms with E-state index < -0.39 is 16.5 Å². The van der Waals surface area contributed by atoms with E-state index >= 15 is 0 Å². The molecule has 163 valence electrons. The van der Waals surface area contributed by atoms with Crippen molar-refractivity contribution in [3.05, 3.63) is 67.7 Å². The highest BCUT2D eigenvalue weighted by atomic mass is 79.9. The monoisotopic (exact) mass is 507 g/mol. The van der Waals surface area contributed by atoms with Crippen LogP contribution in [-0.4, -0.2) is 30.9 Å². The molecule has 1 radical (unpaired) electrons. The van der Waals surface area contributed by atoms with Crippen molar-refractivity contribution in [1.29, 1.82) is 0 Å². The van der Waals surface area contributed by atoms with Crippen molar-refractivity contribution >= 4 is 57.6 Å². The van der Waals surface area contributed by atoms with Crippen LogP contribution in [0.2, 0.25) is 5.02 Å². The minimum Gasteiger partial charge on any atom is -0.497 e. The highest BCUT2D eigenvalue weighted by Crippen LogP contribution is 2.29. The quantitative estimate of drug-likeness (QED) is 0.233. The first kappa shape index (κ1) is 24.8. The van der Waals surface area contributed by atoms with Crippen LogP contribution in [0.3, 0.4) is 0 Å². The Kier molecular flexibility index (Phi) is 8.53. The molecule has 0 saturated heterocycles. The summed E-state index contributed by atoms with van der Waals surface area (Å²) in [5.74, 6) is 0.00754. The molecule has 2 aromatic carbocycles. The number of rotatable bonds is 8. The number of nitro benzene ring substituents is 1. The number of methoxy groups -OCH3 is 1. The van der Waals surface area contributed by atoms with Gasteiger partial charge in [0.15, 0.2) is 7.28 Å². The Morgan fingerprint density at radius 1 is 1.32 bits per heavy atom. The van der Waals surface area contributed by atoms with E-state index in [1.807, 2.05) is 6.07 Å². The van der Waals surface area contributed by atoms with Gasteiger partial charge in [0.25, 0.3) is 5.69 Å². The SMILES string of the molecule is COc1ccc([N+](=O)[O-])c(N/C=C(/[B]c2c(Cl)cccc2Br)CC(=O)OC(C)(C)C)c1. The average Bonchev–Trinajstić information content (AvgIpc) is 2.66. The molecule has 0 bridgehead atoms. The van der Waals surface area contributed by atoms with Crippen molar-refractivity contribution in [3.8, 4) is 5.75 Å². The fourth-order valence-electron chi connectivity index (χ4n) is 2.61. The van der Waals surface area contributed by atoms with Crippen LogP contribution in [0.25, 0.3) is 0 Å². The summed E-state index contributed by atoms with van der Waals surface area (Å²) in [5, 5.41) is 14.8. The number of benzene rings is 2. The molecule has 0 aliphatic heterocycles. The summed E-state index contributed by atoms with van der Waals surface area (Å²) in [6.07, 6.45) is 1.45. The van der Waals surface area contributed by atoms with Crippen LogP contribution in [0.15, 0.2) is 52.5 Å². The molecule has 0 saturated carbocycles. The maximum absolute atomic E-state index is 12.4. The zero-order valence-electron chi connectivity index (χ0n) is 17.6. The minimum atomic E-state index is -0.647. The van der Waals surface area contributed by atoms with Crippen LogP contribution in [0.5, 0.6) is 5.75 Å². The Hall–Kier alpha value is -2.52. The zero-order valence-corrected chi connectivity index (χ0v) is 19.9. The molecule has 31 heavy (non-hydrogen) atoms. The van der Waals surface area contributed by atoms with E-state index in [4.69, 9.17) is 21.1 Å². The van der Waals surface area contributed by atoms with E-state index in [1.54, 1.807) is 40.2 Å². The molecule has 0 aliphatic rings. The van der Waals surface area contributed by atoms with Crippen molar-refractivity contribution in [2.45, 2.75) is 32.8 Å². The fraction of sp³-hybridized carbons (Fsp3) is 0.286. The number of hydrogen-bond acceptors (Lipinski definition) is 6. The van der Waals surface area contributed by atoms with E-state index in [-0.39, 0.29) is 17.8 Å². The van der Waals surface area contributed by atoms with Crippen molar-refractivity contribution in [1.82, 2.24) is 0 Å². The predicted octanol–water partition coefficient (Wildman–Crippen LogP) is 5.03. The lowest BCUT2D eigenvalue weighted by Gasteiger charge is -2.20. The van der Waals surface area contributed by atoms with Gasteiger partial charge in [0.2, 0.25) is 0 Å². The molecule has 0 amide bonds. The summed E-state index contributed by atoms with van der Waals surface area (Å²) in [6, 6.07) is 9.69. The molecule has 1 N–H and O–H groups in total. The lowest BCUT2D eigenvalue weighted by atomic mass is 9.62. The number of hydrogen-bond donors (Lipinski definition) is 1. The fourth-order valence-corrected chi connectivity index (χ4v) is 3.43. The Bertz CT molecular complexity index is 987. The highest BCUT2D eigenvalue weighted by molar-refractivity contribution is 9.10. The molecule has 0 fully saturated rings. The number of halogens is 2. The van der Waals surface area contributed by atoms with Gasteiger partial charge in [-0.1, -0.05) is 39.1 Å². The number of carbonyl (C=O) groups excluding carboxylic acids is 1. The third kappa shape index (κ3) is 7.59. The average molecular weight is 509 g/mol. The Balaban J connectivity index is 2.39. The van der Waals surface area contributed by atoms with E-state index in [9.17, 15) is 14.9 Å².